The van der Waals surface area contributed by atoms with Gasteiger partial charge in [-0.15, -0.1) is 0 Å². The van der Waals surface area contributed by atoms with Crippen molar-refractivity contribution >= 4 is 23.3 Å². The minimum absolute atomic E-state index is 0.0592. The number of halogens is 1. The molecular formula is C15H22ClN3O. The first-order valence-corrected chi connectivity index (χ1v) is 7.50. The minimum atomic E-state index is -0.0592. The molecule has 1 fully saturated rings. The molecule has 0 aliphatic carbocycles. The number of anilines is 1. The largest absolute Gasteiger partial charge is 0.322 e. The van der Waals surface area contributed by atoms with E-state index in [9.17, 15) is 4.79 Å². The zero-order valence-electron chi connectivity index (χ0n) is 12.0. The quantitative estimate of drug-likeness (QED) is 0.895. The van der Waals surface area contributed by atoms with Gasteiger partial charge in [0.05, 0.1) is 0 Å². The molecule has 2 N–H and O–H groups in total. The molecule has 0 radical (unpaired) electrons. The highest BCUT2D eigenvalue weighted by Crippen LogP contribution is 2.15. The average molecular weight is 296 g/mol. The van der Waals surface area contributed by atoms with E-state index in [4.69, 9.17) is 11.6 Å². The molecule has 20 heavy (non-hydrogen) atoms. The van der Waals surface area contributed by atoms with Crippen molar-refractivity contribution in [1.29, 1.82) is 0 Å². The van der Waals surface area contributed by atoms with E-state index >= 15 is 0 Å². The first-order chi connectivity index (χ1) is 9.56. The highest BCUT2D eigenvalue weighted by atomic mass is 35.5. The molecule has 2 amide bonds. The fraction of sp³-hybridized carbons (Fsp3) is 0.533. The third-order valence-electron chi connectivity index (χ3n) is 3.56. The van der Waals surface area contributed by atoms with Crippen LogP contribution in [-0.4, -0.2) is 36.1 Å². The van der Waals surface area contributed by atoms with Gasteiger partial charge in [-0.2, -0.15) is 0 Å². The van der Waals surface area contributed by atoms with Gasteiger partial charge < -0.3 is 15.5 Å². The van der Waals surface area contributed by atoms with Crippen molar-refractivity contribution in [3.63, 3.8) is 0 Å². The van der Waals surface area contributed by atoms with Crippen molar-refractivity contribution in [2.45, 2.75) is 38.8 Å². The second-order valence-corrected chi connectivity index (χ2v) is 5.91. The number of hydrogen-bond acceptors (Lipinski definition) is 2. The third kappa shape index (κ3) is 4.12. The van der Waals surface area contributed by atoms with Crippen molar-refractivity contribution in [2.75, 3.05) is 18.4 Å². The number of rotatable bonds is 4. The summed E-state index contributed by atoms with van der Waals surface area (Å²) in [5.74, 6) is 0. The zero-order valence-corrected chi connectivity index (χ0v) is 12.8. The summed E-state index contributed by atoms with van der Waals surface area (Å²) in [5, 5.41) is 7.02. The number of benzene rings is 1. The van der Waals surface area contributed by atoms with E-state index in [0.717, 1.165) is 25.2 Å². The summed E-state index contributed by atoms with van der Waals surface area (Å²) in [7, 11) is 0. The van der Waals surface area contributed by atoms with Crippen LogP contribution < -0.4 is 10.6 Å². The van der Waals surface area contributed by atoms with Crippen molar-refractivity contribution in [2.24, 2.45) is 0 Å². The van der Waals surface area contributed by atoms with Crippen molar-refractivity contribution in [1.82, 2.24) is 10.2 Å². The maximum Gasteiger partial charge on any atom is 0.322 e. The monoisotopic (exact) mass is 295 g/mol. The highest BCUT2D eigenvalue weighted by Gasteiger charge is 2.23. The molecule has 1 atom stereocenters. The molecular weight excluding hydrogens is 274 g/mol. The van der Waals surface area contributed by atoms with Crippen molar-refractivity contribution < 1.29 is 4.79 Å². The summed E-state index contributed by atoms with van der Waals surface area (Å²) in [4.78, 5) is 14.3. The standard InChI is InChI=1S/C15H22ClN3O/c1-11(2)19(10-14-4-3-9-17-14)15(20)18-13-7-5-12(16)6-8-13/h5-8,11,14,17H,3-4,9-10H2,1-2H3,(H,18,20). The Kier molecular flexibility index (Phi) is 5.26. The predicted molar refractivity (Wildman–Crippen MR) is 83.3 cm³/mol. The molecule has 1 aromatic rings. The highest BCUT2D eigenvalue weighted by molar-refractivity contribution is 6.30. The third-order valence-corrected chi connectivity index (χ3v) is 3.81. The number of nitrogens with one attached hydrogen (secondary N) is 2. The van der Waals surface area contributed by atoms with Gasteiger partial charge in [-0.05, 0) is 57.5 Å². The van der Waals surface area contributed by atoms with Gasteiger partial charge in [0.25, 0.3) is 0 Å². The number of hydrogen-bond donors (Lipinski definition) is 2. The molecule has 1 aliphatic rings. The number of nitrogens with zero attached hydrogens (tertiary/aromatic N) is 1. The summed E-state index contributed by atoms with van der Waals surface area (Å²) in [6.07, 6.45) is 2.33. The molecule has 0 bridgehead atoms. The molecule has 4 nitrogen and oxygen atoms in total. The normalized spacial score (nSPS) is 18.3. The van der Waals surface area contributed by atoms with Gasteiger partial charge in [0, 0.05) is 29.3 Å². The Hall–Kier alpha value is -1.26. The Balaban J connectivity index is 1.97. The molecule has 5 heteroatoms. The Bertz CT molecular complexity index is 441. The summed E-state index contributed by atoms with van der Waals surface area (Å²) >= 11 is 5.84. The molecule has 1 unspecified atom stereocenters. The van der Waals surface area contributed by atoms with Gasteiger partial charge in [-0.3, -0.25) is 0 Å². The molecule has 1 heterocycles. The lowest BCUT2D eigenvalue weighted by Gasteiger charge is -2.29. The number of urea groups is 1. The fourth-order valence-electron chi connectivity index (χ4n) is 2.41. The lowest BCUT2D eigenvalue weighted by Crippen LogP contribution is -2.46. The SMILES string of the molecule is CC(C)N(CC1CCCN1)C(=O)Nc1ccc(Cl)cc1. The molecule has 0 aromatic heterocycles. The summed E-state index contributed by atoms with van der Waals surface area (Å²) in [6.45, 7) is 5.87. The van der Waals surface area contributed by atoms with Gasteiger partial charge in [0.1, 0.15) is 0 Å². The van der Waals surface area contributed by atoms with Crippen LogP contribution >= 0.6 is 11.6 Å². The smallest absolute Gasteiger partial charge is 0.321 e. The molecule has 110 valence electrons. The van der Waals surface area contributed by atoms with Crippen LogP contribution in [0.1, 0.15) is 26.7 Å². The molecule has 0 spiro atoms. The number of amides is 2. The van der Waals surface area contributed by atoms with E-state index in [0.29, 0.717) is 11.1 Å². The van der Waals surface area contributed by atoms with E-state index in [-0.39, 0.29) is 12.1 Å². The summed E-state index contributed by atoms with van der Waals surface area (Å²) in [6, 6.07) is 7.69. The Morgan fingerprint density at radius 3 is 2.70 bits per heavy atom. The van der Waals surface area contributed by atoms with Crippen LogP contribution in [0.4, 0.5) is 10.5 Å². The minimum Gasteiger partial charge on any atom is -0.321 e. The Morgan fingerprint density at radius 2 is 2.15 bits per heavy atom. The second kappa shape index (κ2) is 6.95. The fourth-order valence-corrected chi connectivity index (χ4v) is 2.53. The van der Waals surface area contributed by atoms with Crippen molar-refractivity contribution in [3.8, 4) is 0 Å². The van der Waals surface area contributed by atoms with Gasteiger partial charge >= 0.3 is 6.03 Å². The number of carbonyl (C=O) groups excluding carboxylic acids is 1. The molecule has 0 saturated carbocycles. The summed E-state index contributed by atoms with van der Waals surface area (Å²) < 4.78 is 0. The Labute approximate surface area is 125 Å². The lowest BCUT2D eigenvalue weighted by molar-refractivity contribution is 0.190. The maximum atomic E-state index is 12.4. The van der Waals surface area contributed by atoms with Crippen LogP contribution in [-0.2, 0) is 0 Å². The van der Waals surface area contributed by atoms with E-state index in [1.165, 1.54) is 6.42 Å². The van der Waals surface area contributed by atoms with Gasteiger partial charge in [-0.1, -0.05) is 11.6 Å². The average Bonchev–Trinajstić information content (AvgIpc) is 2.91. The zero-order chi connectivity index (χ0) is 14.5. The van der Waals surface area contributed by atoms with Crippen LogP contribution in [0.2, 0.25) is 5.02 Å². The van der Waals surface area contributed by atoms with Crippen LogP contribution in [0.5, 0.6) is 0 Å². The first kappa shape index (κ1) is 15.1. The van der Waals surface area contributed by atoms with Crippen LogP contribution in [0.25, 0.3) is 0 Å². The van der Waals surface area contributed by atoms with Crippen LogP contribution in [0, 0.1) is 0 Å². The molecule has 1 aromatic carbocycles. The van der Waals surface area contributed by atoms with E-state index in [1.807, 2.05) is 30.9 Å². The molecule has 1 saturated heterocycles. The van der Waals surface area contributed by atoms with Gasteiger partial charge in [0.2, 0.25) is 0 Å². The van der Waals surface area contributed by atoms with E-state index < -0.39 is 0 Å². The lowest BCUT2D eigenvalue weighted by atomic mass is 10.2. The van der Waals surface area contributed by atoms with Gasteiger partial charge in [-0.25, -0.2) is 4.79 Å². The molecule has 2 rings (SSSR count). The van der Waals surface area contributed by atoms with Crippen LogP contribution in [0.3, 0.4) is 0 Å². The Morgan fingerprint density at radius 1 is 1.45 bits per heavy atom. The van der Waals surface area contributed by atoms with Crippen LogP contribution in [0.15, 0.2) is 24.3 Å². The second-order valence-electron chi connectivity index (χ2n) is 5.48. The summed E-state index contributed by atoms with van der Waals surface area (Å²) in [5.41, 5.74) is 0.768. The maximum absolute atomic E-state index is 12.4. The van der Waals surface area contributed by atoms with E-state index in [1.54, 1.807) is 12.1 Å². The number of carbonyl (C=O) groups is 1. The topological polar surface area (TPSA) is 44.4 Å². The van der Waals surface area contributed by atoms with Crippen molar-refractivity contribution in [3.05, 3.63) is 29.3 Å². The first-order valence-electron chi connectivity index (χ1n) is 7.13. The van der Waals surface area contributed by atoms with E-state index in [2.05, 4.69) is 10.6 Å². The van der Waals surface area contributed by atoms with Gasteiger partial charge in [0.15, 0.2) is 0 Å². The predicted octanol–water partition coefficient (Wildman–Crippen LogP) is 3.33. The molecule has 1 aliphatic heterocycles.